The summed E-state index contributed by atoms with van der Waals surface area (Å²) in [6, 6.07) is 0. The average Bonchev–Trinajstić information content (AvgIpc) is 2.30. The van der Waals surface area contributed by atoms with Crippen LogP contribution < -0.4 is 5.32 Å². The van der Waals surface area contributed by atoms with Crippen LogP contribution in [0.1, 0.15) is 60.3 Å². The zero-order chi connectivity index (χ0) is 13.8. The zero-order valence-electron chi connectivity index (χ0n) is 13.5. The molecule has 2 nitrogen and oxygen atoms in total. The van der Waals surface area contributed by atoms with Crippen LogP contribution in [0.4, 0.5) is 0 Å². The summed E-state index contributed by atoms with van der Waals surface area (Å²) in [6.45, 7) is 17.7. The molecular formula is C16H36N2. The lowest BCUT2D eigenvalue weighted by molar-refractivity contribution is 0.240. The van der Waals surface area contributed by atoms with Crippen molar-refractivity contribution >= 4 is 0 Å². The van der Waals surface area contributed by atoms with Crippen molar-refractivity contribution in [1.82, 2.24) is 10.2 Å². The van der Waals surface area contributed by atoms with E-state index >= 15 is 0 Å². The number of nitrogens with zero attached hydrogens (tertiary/aromatic N) is 1. The molecule has 2 heteroatoms. The van der Waals surface area contributed by atoms with E-state index in [0.717, 1.165) is 18.4 Å². The van der Waals surface area contributed by atoms with Crippen molar-refractivity contribution in [2.75, 3.05) is 32.7 Å². The minimum atomic E-state index is 0.824. The summed E-state index contributed by atoms with van der Waals surface area (Å²) in [5.74, 6) is 1.65. The molecule has 0 atom stereocenters. The van der Waals surface area contributed by atoms with Gasteiger partial charge in [0.05, 0.1) is 0 Å². The van der Waals surface area contributed by atoms with E-state index < -0.39 is 0 Å². The van der Waals surface area contributed by atoms with E-state index in [0.29, 0.717) is 0 Å². The molecule has 0 saturated heterocycles. The Labute approximate surface area is 116 Å². The highest BCUT2D eigenvalue weighted by molar-refractivity contribution is 4.62. The first-order chi connectivity index (χ1) is 8.56. The summed E-state index contributed by atoms with van der Waals surface area (Å²) < 4.78 is 0. The Bertz CT molecular complexity index is 154. The molecule has 0 rings (SSSR count). The van der Waals surface area contributed by atoms with E-state index in [2.05, 4.69) is 44.8 Å². The predicted molar refractivity (Wildman–Crippen MR) is 83.1 cm³/mol. The molecule has 0 saturated carbocycles. The molecule has 0 heterocycles. The summed E-state index contributed by atoms with van der Waals surface area (Å²) in [5, 5.41) is 3.49. The minimum absolute atomic E-state index is 0.824. The fourth-order valence-electron chi connectivity index (χ4n) is 1.95. The molecule has 0 aliphatic rings. The number of hydrogen-bond donors (Lipinski definition) is 1. The van der Waals surface area contributed by atoms with Crippen molar-refractivity contribution in [2.24, 2.45) is 11.8 Å². The molecule has 0 aliphatic carbocycles. The first-order valence-electron chi connectivity index (χ1n) is 7.99. The van der Waals surface area contributed by atoms with E-state index in [9.17, 15) is 0 Å². The zero-order valence-corrected chi connectivity index (χ0v) is 13.5. The van der Waals surface area contributed by atoms with Crippen molar-refractivity contribution in [3.63, 3.8) is 0 Å². The second-order valence-electron chi connectivity index (χ2n) is 6.31. The van der Waals surface area contributed by atoms with Crippen LogP contribution in [0.2, 0.25) is 0 Å². The molecule has 0 aromatic heterocycles. The van der Waals surface area contributed by atoms with Gasteiger partial charge in [-0.3, -0.25) is 0 Å². The fourth-order valence-corrected chi connectivity index (χ4v) is 1.95. The highest BCUT2D eigenvalue weighted by Gasteiger charge is 2.06. The first kappa shape index (κ1) is 17.9. The molecule has 0 radical (unpaired) electrons. The van der Waals surface area contributed by atoms with E-state index in [1.807, 2.05) is 0 Å². The maximum Gasteiger partial charge on any atom is -0.000664 e. The van der Waals surface area contributed by atoms with Crippen molar-refractivity contribution in [1.29, 1.82) is 0 Å². The molecule has 0 aromatic carbocycles. The Morgan fingerprint density at radius 3 is 1.83 bits per heavy atom. The van der Waals surface area contributed by atoms with Gasteiger partial charge in [0, 0.05) is 0 Å². The van der Waals surface area contributed by atoms with E-state index in [-0.39, 0.29) is 0 Å². The standard InChI is InChI=1S/C16H36N2/c1-6-10-17-11-7-12-18(13-8-15(2)3)14-9-16(4)5/h15-17H,6-14H2,1-5H3. The maximum absolute atomic E-state index is 3.49. The summed E-state index contributed by atoms with van der Waals surface area (Å²) in [6.07, 6.45) is 5.20. The highest BCUT2D eigenvalue weighted by atomic mass is 15.1. The highest BCUT2D eigenvalue weighted by Crippen LogP contribution is 2.06. The quantitative estimate of drug-likeness (QED) is 0.535. The third-order valence-electron chi connectivity index (χ3n) is 3.30. The van der Waals surface area contributed by atoms with Crippen LogP contribution in [-0.4, -0.2) is 37.6 Å². The van der Waals surface area contributed by atoms with Gasteiger partial charge >= 0.3 is 0 Å². The molecule has 0 aliphatic heterocycles. The second kappa shape index (κ2) is 12.0. The van der Waals surface area contributed by atoms with Gasteiger partial charge in [-0.15, -0.1) is 0 Å². The van der Waals surface area contributed by atoms with Crippen LogP contribution in [-0.2, 0) is 0 Å². The van der Waals surface area contributed by atoms with Crippen LogP contribution in [0.3, 0.4) is 0 Å². The van der Waals surface area contributed by atoms with Crippen LogP contribution in [0.5, 0.6) is 0 Å². The third kappa shape index (κ3) is 12.4. The monoisotopic (exact) mass is 256 g/mol. The molecule has 0 amide bonds. The lowest BCUT2D eigenvalue weighted by Crippen LogP contribution is -2.31. The molecule has 1 N–H and O–H groups in total. The predicted octanol–water partition coefficient (Wildman–Crippen LogP) is 3.77. The molecule has 0 aromatic rings. The van der Waals surface area contributed by atoms with Gasteiger partial charge in [0.25, 0.3) is 0 Å². The van der Waals surface area contributed by atoms with Gasteiger partial charge in [0.15, 0.2) is 0 Å². The van der Waals surface area contributed by atoms with E-state index in [1.54, 1.807) is 0 Å². The van der Waals surface area contributed by atoms with Gasteiger partial charge in [0.1, 0.15) is 0 Å². The molecule has 18 heavy (non-hydrogen) atoms. The molecule has 0 spiro atoms. The Hall–Kier alpha value is -0.0800. The molecular weight excluding hydrogens is 220 g/mol. The van der Waals surface area contributed by atoms with Crippen molar-refractivity contribution < 1.29 is 0 Å². The Kier molecular flexibility index (Phi) is 11.9. The van der Waals surface area contributed by atoms with Gasteiger partial charge in [-0.2, -0.15) is 0 Å². The van der Waals surface area contributed by atoms with Crippen LogP contribution in [0, 0.1) is 11.8 Å². The first-order valence-corrected chi connectivity index (χ1v) is 7.99. The van der Waals surface area contributed by atoms with Gasteiger partial charge in [-0.1, -0.05) is 34.6 Å². The number of rotatable bonds is 12. The third-order valence-corrected chi connectivity index (χ3v) is 3.30. The van der Waals surface area contributed by atoms with Crippen molar-refractivity contribution in [3.05, 3.63) is 0 Å². The summed E-state index contributed by atoms with van der Waals surface area (Å²) in [7, 11) is 0. The summed E-state index contributed by atoms with van der Waals surface area (Å²) in [4.78, 5) is 2.66. The van der Waals surface area contributed by atoms with Crippen molar-refractivity contribution in [2.45, 2.75) is 60.3 Å². The molecule has 0 fully saturated rings. The smallest absolute Gasteiger partial charge is 0.000664 e. The topological polar surface area (TPSA) is 15.3 Å². The second-order valence-corrected chi connectivity index (χ2v) is 6.31. The number of nitrogens with one attached hydrogen (secondary N) is 1. The largest absolute Gasteiger partial charge is 0.317 e. The van der Waals surface area contributed by atoms with E-state index in [4.69, 9.17) is 0 Å². The van der Waals surface area contributed by atoms with Crippen molar-refractivity contribution in [3.8, 4) is 0 Å². The van der Waals surface area contributed by atoms with Crippen LogP contribution >= 0.6 is 0 Å². The van der Waals surface area contributed by atoms with Crippen LogP contribution in [0.15, 0.2) is 0 Å². The normalized spacial score (nSPS) is 12.0. The number of hydrogen-bond acceptors (Lipinski definition) is 2. The fraction of sp³-hybridized carbons (Fsp3) is 1.00. The Morgan fingerprint density at radius 1 is 0.833 bits per heavy atom. The SMILES string of the molecule is CCCNCCCN(CCC(C)C)CCC(C)C. The van der Waals surface area contributed by atoms with Gasteiger partial charge in [-0.05, 0) is 70.2 Å². The molecule has 0 bridgehead atoms. The van der Waals surface area contributed by atoms with Crippen LogP contribution in [0.25, 0.3) is 0 Å². The lowest BCUT2D eigenvalue weighted by Gasteiger charge is -2.24. The van der Waals surface area contributed by atoms with Gasteiger partial charge < -0.3 is 10.2 Å². The average molecular weight is 256 g/mol. The molecule has 110 valence electrons. The van der Waals surface area contributed by atoms with Gasteiger partial charge in [0.2, 0.25) is 0 Å². The maximum atomic E-state index is 3.49. The minimum Gasteiger partial charge on any atom is -0.317 e. The molecule has 0 unspecified atom stereocenters. The lowest BCUT2D eigenvalue weighted by atomic mass is 10.1. The summed E-state index contributed by atoms with van der Waals surface area (Å²) >= 11 is 0. The van der Waals surface area contributed by atoms with E-state index in [1.165, 1.54) is 51.9 Å². The summed E-state index contributed by atoms with van der Waals surface area (Å²) in [5.41, 5.74) is 0. The van der Waals surface area contributed by atoms with Gasteiger partial charge in [-0.25, -0.2) is 0 Å². The Balaban J connectivity index is 3.74. The Morgan fingerprint density at radius 2 is 1.39 bits per heavy atom.